The van der Waals surface area contributed by atoms with E-state index >= 15 is 0 Å². The Morgan fingerprint density at radius 1 is 0.889 bits per heavy atom. The first-order valence-electron chi connectivity index (χ1n) is 6.00. The predicted molar refractivity (Wildman–Crippen MR) is 68.1 cm³/mol. The van der Waals surface area contributed by atoms with Crippen LogP contribution in [0.25, 0.3) is 0 Å². The van der Waals surface area contributed by atoms with Crippen LogP contribution in [0.5, 0.6) is 17.2 Å². The zero-order valence-electron chi connectivity index (χ0n) is 11.3. The lowest BCUT2D eigenvalue weighted by molar-refractivity contribution is 0.0967. The number of ketones is 1. The van der Waals surface area contributed by atoms with Crippen LogP contribution in [0.1, 0.15) is 34.3 Å². The Kier molecular flexibility index (Phi) is 3.45. The highest BCUT2D eigenvalue weighted by molar-refractivity contribution is 6.03. The summed E-state index contributed by atoms with van der Waals surface area (Å²) in [7, 11) is 4.75. The van der Waals surface area contributed by atoms with Crippen molar-refractivity contribution in [3.63, 3.8) is 0 Å². The zero-order chi connectivity index (χ0) is 13.3. The van der Waals surface area contributed by atoms with Crippen LogP contribution in [0, 0.1) is 6.92 Å². The summed E-state index contributed by atoms with van der Waals surface area (Å²) in [5.74, 6) is 1.97. The van der Waals surface area contributed by atoms with Crippen LogP contribution in [-0.4, -0.2) is 27.1 Å². The molecule has 0 unspecified atom stereocenters. The maximum absolute atomic E-state index is 12.1. The van der Waals surface area contributed by atoms with Gasteiger partial charge in [0.15, 0.2) is 17.3 Å². The van der Waals surface area contributed by atoms with Gasteiger partial charge in [-0.3, -0.25) is 4.79 Å². The second-order valence-electron chi connectivity index (χ2n) is 4.36. The molecule has 2 rings (SSSR count). The van der Waals surface area contributed by atoms with Crippen molar-refractivity contribution in [1.29, 1.82) is 0 Å². The minimum atomic E-state index is 0.102. The molecule has 98 valence electrons. The standard InChI is InChI=1S/C14H18O4/c1-8-12(16-2)9-6-5-7-10(15)11(9)14(18-4)13(8)17-3/h5-7H2,1-4H3. The van der Waals surface area contributed by atoms with Crippen LogP contribution in [0.3, 0.4) is 0 Å². The van der Waals surface area contributed by atoms with Gasteiger partial charge < -0.3 is 14.2 Å². The number of methoxy groups -OCH3 is 3. The van der Waals surface area contributed by atoms with Crippen molar-refractivity contribution in [2.24, 2.45) is 0 Å². The van der Waals surface area contributed by atoms with E-state index in [0.717, 1.165) is 29.7 Å². The second-order valence-corrected chi connectivity index (χ2v) is 4.36. The van der Waals surface area contributed by atoms with Gasteiger partial charge in [-0.05, 0) is 19.8 Å². The lowest BCUT2D eigenvalue weighted by atomic mass is 9.87. The molecule has 0 amide bonds. The molecule has 4 nitrogen and oxygen atoms in total. The quantitative estimate of drug-likeness (QED) is 0.827. The molecule has 1 aromatic rings. The molecule has 0 spiro atoms. The van der Waals surface area contributed by atoms with Gasteiger partial charge in [0.2, 0.25) is 0 Å². The van der Waals surface area contributed by atoms with Crippen LogP contribution in [-0.2, 0) is 6.42 Å². The second kappa shape index (κ2) is 4.88. The Bertz CT molecular complexity index is 466. The first-order chi connectivity index (χ1) is 8.65. The van der Waals surface area contributed by atoms with Gasteiger partial charge in [0, 0.05) is 17.5 Å². The van der Waals surface area contributed by atoms with Gasteiger partial charge in [0.05, 0.1) is 26.9 Å². The molecule has 4 heteroatoms. The third-order valence-electron chi connectivity index (χ3n) is 3.41. The van der Waals surface area contributed by atoms with Crippen molar-refractivity contribution >= 4 is 5.78 Å². The Morgan fingerprint density at radius 3 is 2.06 bits per heavy atom. The smallest absolute Gasteiger partial charge is 0.172 e. The van der Waals surface area contributed by atoms with E-state index in [-0.39, 0.29) is 5.78 Å². The number of carbonyl (C=O) groups is 1. The van der Waals surface area contributed by atoms with Crippen molar-refractivity contribution < 1.29 is 19.0 Å². The van der Waals surface area contributed by atoms with E-state index in [1.165, 1.54) is 0 Å². The number of ether oxygens (including phenoxy) is 3. The molecule has 0 heterocycles. The van der Waals surface area contributed by atoms with E-state index in [4.69, 9.17) is 14.2 Å². The molecule has 0 aromatic heterocycles. The fourth-order valence-electron chi connectivity index (χ4n) is 2.66. The lowest BCUT2D eigenvalue weighted by Gasteiger charge is -2.24. The molecule has 18 heavy (non-hydrogen) atoms. The van der Waals surface area contributed by atoms with Crippen LogP contribution >= 0.6 is 0 Å². The molecule has 0 saturated heterocycles. The van der Waals surface area contributed by atoms with Gasteiger partial charge in [0.1, 0.15) is 5.75 Å². The molecule has 1 aliphatic rings. The molecular formula is C14H18O4. The molecular weight excluding hydrogens is 232 g/mol. The van der Waals surface area contributed by atoms with Crippen molar-refractivity contribution in [2.75, 3.05) is 21.3 Å². The van der Waals surface area contributed by atoms with Crippen LogP contribution < -0.4 is 14.2 Å². The van der Waals surface area contributed by atoms with Crippen LogP contribution in [0.2, 0.25) is 0 Å². The summed E-state index contributed by atoms with van der Waals surface area (Å²) in [6.45, 7) is 1.92. The monoisotopic (exact) mass is 250 g/mol. The average Bonchev–Trinajstić information content (AvgIpc) is 2.37. The van der Waals surface area contributed by atoms with Gasteiger partial charge in [-0.1, -0.05) is 0 Å². The fourth-order valence-corrected chi connectivity index (χ4v) is 2.66. The topological polar surface area (TPSA) is 44.8 Å². The third-order valence-corrected chi connectivity index (χ3v) is 3.41. The van der Waals surface area contributed by atoms with Crippen molar-refractivity contribution in [3.05, 3.63) is 16.7 Å². The number of carbonyl (C=O) groups excluding carboxylic acids is 1. The summed E-state index contributed by atoms with van der Waals surface area (Å²) in [6, 6.07) is 0. The summed E-state index contributed by atoms with van der Waals surface area (Å²) in [6.07, 6.45) is 2.25. The van der Waals surface area contributed by atoms with Crippen LogP contribution in [0.4, 0.5) is 0 Å². The van der Waals surface area contributed by atoms with Crippen LogP contribution in [0.15, 0.2) is 0 Å². The van der Waals surface area contributed by atoms with Gasteiger partial charge in [0.25, 0.3) is 0 Å². The number of rotatable bonds is 3. The molecule has 0 bridgehead atoms. The maximum atomic E-state index is 12.1. The van der Waals surface area contributed by atoms with Crippen molar-refractivity contribution in [2.45, 2.75) is 26.2 Å². The number of hydrogen-bond acceptors (Lipinski definition) is 4. The van der Waals surface area contributed by atoms with Gasteiger partial charge >= 0.3 is 0 Å². The zero-order valence-corrected chi connectivity index (χ0v) is 11.3. The molecule has 0 radical (unpaired) electrons. The Labute approximate surface area is 107 Å². The normalized spacial score (nSPS) is 14.1. The number of Topliss-reactive ketones (excluding diaryl/α,β-unsaturated/α-hetero) is 1. The Balaban J connectivity index is 2.81. The summed E-state index contributed by atoms with van der Waals surface area (Å²) in [5, 5.41) is 0. The van der Waals surface area contributed by atoms with E-state index in [0.29, 0.717) is 23.5 Å². The van der Waals surface area contributed by atoms with Crippen molar-refractivity contribution in [1.82, 2.24) is 0 Å². The summed E-state index contributed by atoms with van der Waals surface area (Å²) < 4.78 is 16.2. The lowest BCUT2D eigenvalue weighted by Crippen LogP contribution is -2.15. The molecule has 1 aromatic carbocycles. The highest BCUT2D eigenvalue weighted by Crippen LogP contribution is 2.46. The minimum absolute atomic E-state index is 0.102. The van der Waals surface area contributed by atoms with E-state index in [1.54, 1.807) is 21.3 Å². The first-order valence-corrected chi connectivity index (χ1v) is 6.00. The third kappa shape index (κ3) is 1.72. The highest BCUT2D eigenvalue weighted by Gasteiger charge is 2.30. The largest absolute Gasteiger partial charge is 0.496 e. The number of benzene rings is 1. The maximum Gasteiger partial charge on any atom is 0.172 e. The van der Waals surface area contributed by atoms with E-state index in [1.807, 2.05) is 6.92 Å². The van der Waals surface area contributed by atoms with E-state index in [9.17, 15) is 4.79 Å². The fraction of sp³-hybridized carbons (Fsp3) is 0.500. The molecule has 0 atom stereocenters. The molecule has 0 fully saturated rings. The average molecular weight is 250 g/mol. The van der Waals surface area contributed by atoms with Gasteiger partial charge in [-0.15, -0.1) is 0 Å². The van der Waals surface area contributed by atoms with Crippen molar-refractivity contribution in [3.8, 4) is 17.2 Å². The molecule has 0 saturated carbocycles. The number of hydrogen-bond donors (Lipinski definition) is 0. The van der Waals surface area contributed by atoms with E-state index < -0.39 is 0 Å². The Morgan fingerprint density at radius 2 is 1.50 bits per heavy atom. The van der Waals surface area contributed by atoms with Gasteiger partial charge in [-0.2, -0.15) is 0 Å². The SMILES string of the molecule is COc1c(C)c(OC)c(OC)c2c1CCCC2=O. The number of fused-ring (bicyclic) bond motifs is 1. The molecule has 0 aliphatic heterocycles. The molecule has 0 N–H and O–H groups in total. The van der Waals surface area contributed by atoms with Gasteiger partial charge in [-0.25, -0.2) is 0 Å². The summed E-state index contributed by atoms with van der Waals surface area (Å²) in [4.78, 5) is 12.1. The van der Waals surface area contributed by atoms with E-state index in [2.05, 4.69) is 0 Å². The minimum Gasteiger partial charge on any atom is -0.496 e. The predicted octanol–water partition coefficient (Wildman–Crippen LogP) is 2.54. The summed E-state index contributed by atoms with van der Waals surface area (Å²) in [5.41, 5.74) is 2.46. The Hall–Kier alpha value is -1.71. The summed E-state index contributed by atoms with van der Waals surface area (Å²) >= 11 is 0. The molecule has 1 aliphatic carbocycles. The highest BCUT2D eigenvalue weighted by atomic mass is 16.5. The first kappa shape index (κ1) is 12.7.